The monoisotopic (exact) mass is 550 g/mol. The van der Waals surface area contributed by atoms with Crippen LogP contribution in [0.3, 0.4) is 0 Å². The zero-order valence-corrected chi connectivity index (χ0v) is 22.2. The molecule has 1 aromatic heterocycles. The Kier molecular flexibility index (Phi) is 5.44. The van der Waals surface area contributed by atoms with Gasteiger partial charge in [-0.15, -0.1) is 0 Å². The van der Waals surface area contributed by atoms with Gasteiger partial charge in [-0.2, -0.15) is 0 Å². The van der Waals surface area contributed by atoms with Crippen molar-refractivity contribution in [1.82, 2.24) is 0 Å². The van der Waals surface area contributed by atoms with Crippen molar-refractivity contribution in [3.05, 3.63) is 145 Å². The minimum absolute atomic E-state index is 0.277. The van der Waals surface area contributed by atoms with Crippen LogP contribution in [0.25, 0.3) is 76.9 Å². The molecule has 0 radical (unpaired) electrons. The lowest BCUT2D eigenvalue weighted by Crippen LogP contribution is -1.92. The van der Waals surface area contributed by atoms with Gasteiger partial charge in [0.25, 0.3) is 0 Å². The van der Waals surface area contributed by atoms with E-state index in [2.05, 4.69) is 30.3 Å². The molecule has 8 rings (SSSR count). The summed E-state index contributed by atoms with van der Waals surface area (Å²) in [6.45, 7) is 0. The Bertz CT molecular complexity index is 2270. The molecule has 0 spiro atoms. The fraction of sp³-hybridized carbons (Fsp3) is 0. The van der Waals surface area contributed by atoms with Crippen LogP contribution in [0.2, 0.25) is 0 Å². The van der Waals surface area contributed by atoms with Crippen molar-refractivity contribution < 1.29 is 17.6 Å². The molecular weight excluding hydrogens is 529 g/mol. The van der Waals surface area contributed by atoms with Gasteiger partial charge in [-0.05, 0) is 103 Å². The Balaban J connectivity index is 1.43. The molecule has 8 aromatic rings. The first-order chi connectivity index (χ1) is 20.5. The molecule has 0 aliphatic carbocycles. The average molecular weight is 551 g/mol. The molecule has 1 nitrogen and oxygen atoms in total. The molecule has 0 N–H and O–H groups in total. The highest BCUT2D eigenvalue weighted by Gasteiger charge is 2.19. The predicted octanol–water partition coefficient (Wildman–Crippen LogP) is 11.3. The van der Waals surface area contributed by atoms with Crippen LogP contribution in [-0.2, 0) is 0 Å². The Labute approximate surface area is 239 Å². The molecule has 0 atom stereocenters. The van der Waals surface area contributed by atoms with Gasteiger partial charge >= 0.3 is 0 Å². The van der Waals surface area contributed by atoms with Gasteiger partial charge in [-0.1, -0.05) is 72.8 Å². The van der Waals surface area contributed by atoms with E-state index >= 15 is 4.39 Å². The van der Waals surface area contributed by atoms with Crippen LogP contribution in [0.4, 0.5) is 13.2 Å². The van der Waals surface area contributed by atoms with Crippen LogP contribution < -0.4 is 0 Å². The lowest BCUT2D eigenvalue weighted by atomic mass is 9.85. The van der Waals surface area contributed by atoms with Crippen LogP contribution in [0.1, 0.15) is 0 Å². The highest BCUT2D eigenvalue weighted by atomic mass is 19.1. The second-order valence-electron chi connectivity index (χ2n) is 10.5. The van der Waals surface area contributed by atoms with Crippen molar-refractivity contribution in [3.63, 3.8) is 0 Å². The van der Waals surface area contributed by atoms with Crippen molar-refractivity contribution in [2.75, 3.05) is 0 Å². The molecular formula is C38H21F3O. The normalized spacial score (nSPS) is 11.7. The number of halogens is 3. The topological polar surface area (TPSA) is 13.1 Å². The molecule has 0 amide bonds. The van der Waals surface area contributed by atoms with Crippen molar-refractivity contribution >= 4 is 43.5 Å². The molecule has 4 heteroatoms. The van der Waals surface area contributed by atoms with Crippen molar-refractivity contribution in [3.8, 4) is 33.4 Å². The van der Waals surface area contributed by atoms with Crippen LogP contribution >= 0.6 is 0 Å². The third kappa shape index (κ3) is 3.87. The fourth-order valence-corrected chi connectivity index (χ4v) is 6.25. The number of para-hydroxylation sites is 1. The Morgan fingerprint density at radius 2 is 0.786 bits per heavy atom. The SMILES string of the molecule is Fc1cc(F)cc(-c2cc(F)cc(-c3c4ccccc4c(-c4ccc5oc6ccccc6c5c4)c4ccccc34)c2)c1. The van der Waals surface area contributed by atoms with E-state index < -0.39 is 17.5 Å². The minimum atomic E-state index is -0.710. The van der Waals surface area contributed by atoms with E-state index in [1.165, 1.54) is 24.3 Å². The van der Waals surface area contributed by atoms with Gasteiger partial charge in [0.15, 0.2) is 0 Å². The maximum absolute atomic E-state index is 15.2. The summed E-state index contributed by atoms with van der Waals surface area (Å²) >= 11 is 0. The van der Waals surface area contributed by atoms with Crippen molar-refractivity contribution in [2.24, 2.45) is 0 Å². The molecule has 7 aromatic carbocycles. The van der Waals surface area contributed by atoms with E-state index in [9.17, 15) is 8.78 Å². The van der Waals surface area contributed by atoms with Gasteiger partial charge in [0, 0.05) is 16.8 Å². The minimum Gasteiger partial charge on any atom is -0.456 e. The zero-order chi connectivity index (χ0) is 28.4. The molecule has 0 saturated heterocycles. The number of rotatable bonds is 3. The number of fused-ring (bicyclic) bond motifs is 5. The van der Waals surface area contributed by atoms with Crippen molar-refractivity contribution in [2.45, 2.75) is 0 Å². The Hall–Kier alpha value is -5.35. The van der Waals surface area contributed by atoms with E-state index in [-0.39, 0.29) is 5.56 Å². The van der Waals surface area contributed by atoms with Crippen molar-refractivity contribution in [1.29, 1.82) is 0 Å². The highest BCUT2D eigenvalue weighted by Crippen LogP contribution is 2.45. The molecule has 42 heavy (non-hydrogen) atoms. The lowest BCUT2D eigenvalue weighted by Gasteiger charge is -2.18. The van der Waals surface area contributed by atoms with Gasteiger partial charge in [-0.3, -0.25) is 0 Å². The summed E-state index contributed by atoms with van der Waals surface area (Å²) in [5.74, 6) is -1.90. The summed E-state index contributed by atoms with van der Waals surface area (Å²) in [5.41, 5.74) is 5.95. The summed E-state index contributed by atoms with van der Waals surface area (Å²) in [4.78, 5) is 0. The second kappa shape index (κ2) is 9.35. The first kappa shape index (κ1) is 24.4. The third-order valence-electron chi connectivity index (χ3n) is 7.98. The molecule has 1 heterocycles. The molecule has 0 bridgehead atoms. The summed E-state index contributed by atoms with van der Waals surface area (Å²) in [5, 5.41) is 6.02. The van der Waals surface area contributed by atoms with Gasteiger partial charge in [0.2, 0.25) is 0 Å². The lowest BCUT2D eigenvalue weighted by molar-refractivity contribution is 0.584. The highest BCUT2D eigenvalue weighted by molar-refractivity contribution is 6.22. The molecule has 200 valence electrons. The number of benzene rings is 7. The van der Waals surface area contributed by atoms with Crippen LogP contribution in [0.15, 0.2) is 132 Å². The molecule has 0 saturated carbocycles. The van der Waals surface area contributed by atoms with Gasteiger partial charge < -0.3 is 4.42 Å². The average Bonchev–Trinajstić information content (AvgIpc) is 3.37. The standard InChI is InChI=1S/C38H21F3O/c39-26-16-23(24-17-27(40)21-28(41)18-24)15-25(19-26)38-32-10-3-1-8-30(32)37(31-9-2-4-11-33(31)38)22-13-14-36-34(20-22)29-7-5-6-12-35(29)42-36/h1-21H. The van der Waals surface area contributed by atoms with E-state index in [1.807, 2.05) is 60.7 Å². The second-order valence-corrected chi connectivity index (χ2v) is 10.5. The maximum atomic E-state index is 15.2. The van der Waals surface area contributed by atoms with Crippen LogP contribution in [-0.4, -0.2) is 0 Å². The summed E-state index contributed by atoms with van der Waals surface area (Å²) in [6, 6.07) is 38.3. The van der Waals surface area contributed by atoms with E-state index in [0.717, 1.165) is 66.2 Å². The first-order valence-corrected chi connectivity index (χ1v) is 13.7. The summed E-state index contributed by atoms with van der Waals surface area (Å²) < 4.78 is 49.4. The van der Waals surface area contributed by atoms with Gasteiger partial charge in [0.05, 0.1) is 0 Å². The van der Waals surface area contributed by atoms with Crippen LogP contribution in [0, 0.1) is 17.5 Å². The zero-order valence-electron chi connectivity index (χ0n) is 22.2. The summed E-state index contributed by atoms with van der Waals surface area (Å²) in [7, 11) is 0. The first-order valence-electron chi connectivity index (χ1n) is 13.7. The van der Waals surface area contributed by atoms with E-state index in [4.69, 9.17) is 4.42 Å². The smallest absolute Gasteiger partial charge is 0.135 e. The fourth-order valence-electron chi connectivity index (χ4n) is 6.25. The van der Waals surface area contributed by atoms with Crippen LogP contribution in [0.5, 0.6) is 0 Å². The summed E-state index contributed by atoms with van der Waals surface area (Å²) in [6.07, 6.45) is 0. The molecule has 0 fully saturated rings. The molecule has 0 aliphatic heterocycles. The quantitative estimate of drug-likeness (QED) is 0.199. The predicted molar refractivity (Wildman–Crippen MR) is 165 cm³/mol. The van der Waals surface area contributed by atoms with E-state index in [1.54, 1.807) is 6.07 Å². The number of hydrogen-bond acceptors (Lipinski definition) is 1. The van der Waals surface area contributed by atoms with Gasteiger partial charge in [0.1, 0.15) is 28.6 Å². The Morgan fingerprint density at radius 1 is 0.333 bits per heavy atom. The molecule has 0 aliphatic rings. The van der Waals surface area contributed by atoms with Gasteiger partial charge in [-0.25, -0.2) is 13.2 Å². The Morgan fingerprint density at radius 3 is 1.40 bits per heavy atom. The third-order valence-corrected chi connectivity index (χ3v) is 7.98. The van der Waals surface area contributed by atoms with E-state index in [0.29, 0.717) is 11.1 Å². The largest absolute Gasteiger partial charge is 0.456 e. The number of furan rings is 1. The number of hydrogen-bond donors (Lipinski definition) is 0. The molecule has 0 unspecified atom stereocenters. The maximum Gasteiger partial charge on any atom is 0.135 e.